The second-order valence-corrected chi connectivity index (χ2v) is 7.39. The first kappa shape index (κ1) is 19.5. The van der Waals surface area contributed by atoms with Gasteiger partial charge in [-0.25, -0.2) is 0 Å². The van der Waals surface area contributed by atoms with Crippen LogP contribution in [0.4, 0.5) is 13.2 Å². The molecule has 0 bridgehead atoms. The van der Waals surface area contributed by atoms with Gasteiger partial charge in [0, 0.05) is 12.1 Å². The molecule has 3 aromatic carbocycles. The van der Waals surface area contributed by atoms with Crippen molar-refractivity contribution in [2.45, 2.75) is 12.6 Å². The van der Waals surface area contributed by atoms with E-state index in [1.54, 1.807) is 6.07 Å². The van der Waals surface area contributed by atoms with Crippen LogP contribution in [0.1, 0.15) is 22.3 Å². The van der Waals surface area contributed by atoms with Crippen LogP contribution in [-0.4, -0.2) is 25.5 Å². The van der Waals surface area contributed by atoms with Crippen molar-refractivity contribution >= 4 is 16.7 Å². The smallest absolute Gasteiger partial charge is 0.352 e. The minimum atomic E-state index is -4.35. The lowest BCUT2D eigenvalue weighted by Crippen LogP contribution is -2.43. The number of hydrogen-bond acceptors (Lipinski definition) is 2. The van der Waals surface area contributed by atoms with Gasteiger partial charge in [0.05, 0.1) is 5.56 Å². The van der Waals surface area contributed by atoms with Crippen molar-refractivity contribution in [3.63, 3.8) is 0 Å². The number of alkyl halides is 3. The van der Waals surface area contributed by atoms with Crippen molar-refractivity contribution in [3.8, 4) is 11.1 Å². The van der Waals surface area contributed by atoms with Crippen LogP contribution in [0.15, 0.2) is 60.7 Å². The maximum Gasteiger partial charge on any atom is 0.416 e. The van der Waals surface area contributed by atoms with Crippen LogP contribution in [-0.2, 0) is 6.18 Å². The van der Waals surface area contributed by atoms with Gasteiger partial charge in [0.1, 0.15) is 0 Å². The van der Waals surface area contributed by atoms with Crippen LogP contribution in [0.3, 0.4) is 0 Å². The monoisotopic (exact) mass is 398 g/mol. The molecule has 1 aliphatic rings. The molecule has 4 rings (SSSR count). The number of amides is 1. The van der Waals surface area contributed by atoms with Gasteiger partial charge in [0.15, 0.2) is 0 Å². The summed E-state index contributed by atoms with van der Waals surface area (Å²) >= 11 is 0. The van der Waals surface area contributed by atoms with E-state index in [9.17, 15) is 18.0 Å². The molecular weight excluding hydrogens is 377 g/mol. The van der Waals surface area contributed by atoms with E-state index >= 15 is 0 Å². The van der Waals surface area contributed by atoms with Crippen molar-refractivity contribution < 1.29 is 18.0 Å². The number of halogens is 3. The molecule has 1 aliphatic heterocycles. The Kier molecular flexibility index (Phi) is 5.28. The average molecular weight is 398 g/mol. The number of carbonyl (C=O) groups is 1. The Balaban J connectivity index is 1.55. The maximum absolute atomic E-state index is 12.8. The summed E-state index contributed by atoms with van der Waals surface area (Å²) < 4.78 is 38.4. The van der Waals surface area contributed by atoms with Gasteiger partial charge in [0.25, 0.3) is 5.91 Å². The number of nitrogens with one attached hydrogen (secondary N) is 2. The molecule has 0 unspecified atom stereocenters. The van der Waals surface area contributed by atoms with Gasteiger partial charge in [0.2, 0.25) is 0 Å². The molecule has 3 nitrogen and oxygen atoms in total. The van der Waals surface area contributed by atoms with Gasteiger partial charge in [-0.2, -0.15) is 13.2 Å². The number of fused-ring (bicyclic) bond motifs is 1. The highest BCUT2D eigenvalue weighted by Crippen LogP contribution is 2.33. The minimum absolute atomic E-state index is 0.112. The third kappa shape index (κ3) is 4.27. The number of carbonyl (C=O) groups excluding carboxylic acids is 1. The molecule has 0 atom stereocenters. The van der Waals surface area contributed by atoms with E-state index in [4.69, 9.17) is 0 Å². The zero-order valence-corrected chi connectivity index (χ0v) is 15.7. The highest BCUT2D eigenvalue weighted by Gasteiger charge is 2.30. The number of hydrogen-bond donors (Lipinski definition) is 2. The van der Waals surface area contributed by atoms with Crippen LogP contribution in [0, 0.1) is 5.92 Å². The molecule has 1 fully saturated rings. The molecule has 1 amide bonds. The van der Waals surface area contributed by atoms with E-state index in [0.717, 1.165) is 48.0 Å². The predicted octanol–water partition coefficient (Wildman–Crippen LogP) is 4.86. The van der Waals surface area contributed by atoms with Crippen molar-refractivity contribution in [2.75, 3.05) is 19.6 Å². The fraction of sp³-hybridized carbons (Fsp3) is 0.261. The van der Waals surface area contributed by atoms with Crippen molar-refractivity contribution in [2.24, 2.45) is 5.92 Å². The van der Waals surface area contributed by atoms with E-state index in [2.05, 4.69) is 10.6 Å². The molecule has 6 heteroatoms. The lowest BCUT2D eigenvalue weighted by atomic mass is 9.96. The molecule has 3 aromatic rings. The zero-order valence-electron chi connectivity index (χ0n) is 15.7. The van der Waals surface area contributed by atoms with Gasteiger partial charge in [-0.1, -0.05) is 36.4 Å². The van der Waals surface area contributed by atoms with Gasteiger partial charge in [-0.3, -0.25) is 4.79 Å². The average Bonchev–Trinajstić information content (AvgIpc) is 2.68. The van der Waals surface area contributed by atoms with E-state index in [-0.39, 0.29) is 5.91 Å². The van der Waals surface area contributed by atoms with E-state index in [0.29, 0.717) is 23.6 Å². The third-order valence-corrected chi connectivity index (χ3v) is 5.37. The number of benzene rings is 3. The second-order valence-electron chi connectivity index (χ2n) is 7.39. The summed E-state index contributed by atoms with van der Waals surface area (Å²) in [6.07, 6.45) is -3.39. The zero-order chi connectivity index (χ0) is 20.4. The summed E-state index contributed by atoms with van der Waals surface area (Å²) in [6.45, 7) is 2.67. The SMILES string of the molecule is O=C(NCCC1CNC1)c1ccc2c(-c3ccc(C(F)(F)F)cc3)cccc2c1. The molecule has 0 saturated carbocycles. The van der Waals surface area contributed by atoms with Crippen LogP contribution in [0.5, 0.6) is 0 Å². The molecule has 0 aromatic heterocycles. The Labute approximate surface area is 166 Å². The summed E-state index contributed by atoms with van der Waals surface area (Å²) in [5, 5.41) is 7.93. The van der Waals surface area contributed by atoms with Gasteiger partial charge >= 0.3 is 6.18 Å². The summed E-state index contributed by atoms with van der Waals surface area (Å²) in [7, 11) is 0. The van der Waals surface area contributed by atoms with Crippen molar-refractivity contribution in [1.29, 1.82) is 0 Å². The summed E-state index contributed by atoms with van der Waals surface area (Å²) in [5.41, 5.74) is 1.45. The largest absolute Gasteiger partial charge is 0.416 e. The first-order valence-electron chi connectivity index (χ1n) is 9.61. The van der Waals surface area contributed by atoms with Gasteiger partial charge < -0.3 is 10.6 Å². The van der Waals surface area contributed by atoms with Crippen molar-refractivity contribution in [3.05, 3.63) is 71.8 Å². The fourth-order valence-electron chi connectivity index (χ4n) is 3.56. The number of rotatable bonds is 5. The van der Waals surface area contributed by atoms with Crippen LogP contribution in [0.2, 0.25) is 0 Å². The first-order chi connectivity index (χ1) is 13.9. The van der Waals surface area contributed by atoms with Crippen LogP contribution < -0.4 is 10.6 Å². The fourth-order valence-corrected chi connectivity index (χ4v) is 3.56. The molecule has 1 saturated heterocycles. The van der Waals surface area contributed by atoms with Crippen LogP contribution >= 0.6 is 0 Å². The normalized spacial score (nSPS) is 14.6. The van der Waals surface area contributed by atoms with Crippen LogP contribution in [0.25, 0.3) is 21.9 Å². The molecule has 1 heterocycles. The molecule has 0 radical (unpaired) electrons. The second kappa shape index (κ2) is 7.87. The van der Waals surface area contributed by atoms with E-state index in [1.165, 1.54) is 12.1 Å². The third-order valence-electron chi connectivity index (χ3n) is 5.37. The Hall–Kier alpha value is -2.86. The quantitative estimate of drug-likeness (QED) is 0.644. The predicted molar refractivity (Wildman–Crippen MR) is 108 cm³/mol. The van der Waals surface area contributed by atoms with E-state index < -0.39 is 11.7 Å². The topological polar surface area (TPSA) is 41.1 Å². The highest BCUT2D eigenvalue weighted by molar-refractivity contribution is 6.02. The highest BCUT2D eigenvalue weighted by atomic mass is 19.4. The van der Waals surface area contributed by atoms with Crippen molar-refractivity contribution in [1.82, 2.24) is 10.6 Å². The summed E-state index contributed by atoms with van der Waals surface area (Å²) in [6, 6.07) is 16.2. The molecule has 2 N–H and O–H groups in total. The summed E-state index contributed by atoms with van der Waals surface area (Å²) in [4.78, 5) is 12.4. The molecule has 0 aliphatic carbocycles. The standard InChI is InChI=1S/C23H21F3N2O/c24-23(25,26)19-7-4-16(5-8-19)20-3-1-2-17-12-18(6-9-21(17)20)22(29)28-11-10-15-13-27-14-15/h1-9,12,15,27H,10-11,13-14H2,(H,28,29). The molecular formula is C23H21F3N2O. The maximum atomic E-state index is 12.8. The minimum Gasteiger partial charge on any atom is -0.352 e. The molecule has 29 heavy (non-hydrogen) atoms. The summed E-state index contributed by atoms with van der Waals surface area (Å²) in [5.74, 6) is 0.525. The Morgan fingerprint density at radius 3 is 2.45 bits per heavy atom. The molecule has 150 valence electrons. The Morgan fingerprint density at radius 2 is 1.79 bits per heavy atom. The first-order valence-corrected chi connectivity index (χ1v) is 9.61. The van der Waals surface area contributed by atoms with Gasteiger partial charge in [-0.05, 0) is 71.6 Å². The Morgan fingerprint density at radius 1 is 1.03 bits per heavy atom. The molecule has 0 spiro atoms. The lowest BCUT2D eigenvalue weighted by molar-refractivity contribution is -0.137. The van der Waals surface area contributed by atoms with Gasteiger partial charge in [-0.15, -0.1) is 0 Å². The van der Waals surface area contributed by atoms with E-state index in [1.807, 2.05) is 30.3 Å². The lowest BCUT2D eigenvalue weighted by Gasteiger charge is -2.26. The Bertz CT molecular complexity index is 1020.